The zero-order valence-electron chi connectivity index (χ0n) is 8.23. The number of aryl methyl sites for hydroxylation is 1. The molecule has 1 amide bonds. The number of rotatable bonds is 1. The van der Waals surface area contributed by atoms with E-state index in [0.717, 1.165) is 19.3 Å². The van der Waals surface area contributed by atoms with Crippen molar-refractivity contribution in [3.63, 3.8) is 0 Å². The number of carbonyl (C=O) groups is 1. The number of amides is 1. The van der Waals surface area contributed by atoms with Gasteiger partial charge in [0.2, 0.25) is 6.41 Å². The molecule has 2 bridgehead atoms. The molecule has 0 aliphatic carbocycles. The van der Waals surface area contributed by atoms with E-state index in [-0.39, 0.29) is 0 Å². The average Bonchev–Trinajstić information content (AvgIpc) is 2.73. The standard InChI is InChI=1S/C12H13NO/c1-8-3-2-4-9-10-5-6-11(12(8)9)13(10)7-14/h2-4,7,10-11H,5-6H2,1H3/t10-,11+/m1/s1. The Labute approximate surface area is 83.5 Å². The summed E-state index contributed by atoms with van der Waals surface area (Å²) in [6.45, 7) is 2.14. The van der Waals surface area contributed by atoms with Crippen molar-refractivity contribution in [3.05, 3.63) is 34.9 Å². The molecule has 0 radical (unpaired) electrons. The summed E-state index contributed by atoms with van der Waals surface area (Å²) in [5, 5.41) is 0. The van der Waals surface area contributed by atoms with Crippen LogP contribution in [-0.4, -0.2) is 11.3 Å². The fraction of sp³-hybridized carbons (Fsp3) is 0.417. The molecule has 0 aromatic heterocycles. The van der Waals surface area contributed by atoms with Gasteiger partial charge in [0.05, 0.1) is 12.1 Å². The molecule has 2 nitrogen and oxygen atoms in total. The van der Waals surface area contributed by atoms with E-state index in [2.05, 4.69) is 25.1 Å². The van der Waals surface area contributed by atoms with Gasteiger partial charge in [-0.2, -0.15) is 0 Å². The third-order valence-corrected chi connectivity index (χ3v) is 3.61. The van der Waals surface area contributed by atoms with Crippen LogP contribution in [-0.2, 0) is 4.79 Å². The smallest absolute Gasteiger partial charge is 0.210 e. The van der Waals surface area contributed by atoms with E-state index in [9.17, 15) is 4.79 Å². The molecule has 2 atom stereocenters. The van der Waals surface area contributed by atoms with Crippen LogP contribution in [0.4, 0.5) is 0 Å². The molecule has 0 N–H and O–H groups in total. The van der Waals surface area contributed by atoms with Crippen molar-refractivity contribution in [2.24, 2.45) is 0 Å². The highest BCUT2D eigenvalue weighted by Crippen LogP contribution is 2.52. The maximum Gasteiger partial charge on any atom is 0.210 e. The number of nitrogens with zero attached hydrogens (tertiary/aromatic N) is 1. The van der Waals surface area contributed by atoms with Crippen LogP contribution in [0.25, 0.3) is 0 Å². The van der Waals surface area contributed by atoms with Crippen molar-refractivity contribution in [1.82, 2.24) is 4.90 Å². The van der Waals surface area contributed by atoms with E-state index in [1.165, 1.54) is 16.7 Å². The molecule has 14 heavy (non-hydrogen) atoms. The van der Waals surface area contributed by atoms with Gasteiger partial charge in [-0.05, 0) is 36.5 Å². The SMILES string of the molecule is Cc1cccc2c1[C@@H]1CC[C@H]2N1C=O. The lowest BCUT2D eigenvalue weighted by Crippen LogP contribution is -2.16. The zero-order valence-corrected chi connectivity index (χ0v) is 8.23. The summed E-state index contributed by atoms with van der Waals surface area (Å²) in [7, 11) is 0. The van der Waals surface area contributed by atoms with E-state index in [0.29, 0.717) is 12.1 Å². The molecule has 1 aromatic rings. The van der Waals surface area contributed by atoms with Crippen LogP contribution in [0.5, 0.6) is 0 Å². The number of fused-ring (bicyclic) bond motifs is 5. The lowest BCUT2D eigenvalue weighted by molar-refractivity contribution is -0.120. The highest BCUT2D eigenvalue weighted by molar-refractivity contribution is 5.58. The highest BCUT2D eigenvalue weighted by atomic mass is 16.1. The summed E-state index contributed by atoms with van der Waals surface area (Å²) in [5.74, 6) is 0. The minimum Gasteiger partial charge on any atom is -0.331 e. The topological polar surface area (TPSA) is 20.3 Å². The van der Waals surface area contributed by atoms with E-state index < -0.39 is 0 Å². The molecule has 0 saturated carbocycles. The normalized spacial score (nSPS) is 27.9. The number of hydrogen-bond acceptors (Lipinski definition) is 1. The predicted molar refractivity (Wildman–Crippen MR) is 53.8 cm³/mol. The van der Waals surface area contributed by atoms with Crippen molar-refractivity contribution in [2.45, 2.75) is 31.8 Å². The quantitative estimate of drug-likeness (QED) is 0.618. The molecule has 2 heterocycles. The fourth-order valence-corrected chi connectivity index (χ4v) is 3.04. The van der Waals surface area contributed by atoms with Gasteiger partial charge in [0, 0.05) is 0 Å². The Bertz CT molecular complexity index is 399. The predicted octanol–water partition coefficient (Wildman–Crippen LogP) is 2.34. The molecule has 1 fully saturated rings. The molecule has 2 aliphatic heterocycles. The van der Waals surface area contributed by atoms with Gasteiger partial charge >= 0.3 is 0 Å². The third-order valence-electron chi connectivity index (χ3n) is 3.61. The highest BCUT2D eigenvalue weighted by Gasteiger charge is 2.43. The fourth-order valence-electron chi connectivity index (χ4n) is 3.04. The number of benzene rings is 1. The molecule has 1 aromatic carbocycles. The Morgan fingerprint density at radius 3 is 2.86 bits per heavy atom. The first-order valence-electron chi connectivity index (χ1n) is 5.15. The molecule has 2 heteroatoms. The Kier molecular flexibility index (Phi) is 1.49. The van der Waals surface area contributed by atoms with E-state index in [1.54, 1.807) is 0 Å². The largest absolute Gasteiger partial charge is 0.331 e. The molecule has 3 rings (SSSR count). The Balaban J connectivity index is 2.21. The van der Waals surface area contributed by atoms with Crippen LogP contribution < -0.4 is 0 Å². The number of carbonyl (C=O) groups excluding carboxylic acids is 1. The van der Waals surface area contributed by atoms with Crippen LogP contribution >= 0.6 is 0 Å². The Morgan fingerprint density at radius 1 is 1.36 bits per heavy atom. The second-order valence-electron chi connectivity index (χ2n) is 4.24. The van der Waals surface area contributed by atoms with Crippen LogP contribution in [0.1, 0.15) is 41.6 Å². The molecular weight excluding hydrogens is 174 g/mol. The maximum absolute atomic E-state index is 11.0. The third kappa shape index (κ3) is 0.788. The summed E-state index contributed by atoms with van der Waals surface area (Å²) in [6, 6.07) is 7.14. The van der Waals surface area contributed by atoms with Gasteiger partial charge in [0.15, 0.2) is 0 Å². The average molecular weight is 187 g/mol. The second-order valence-corrected chi connectivity index (χ2v) is 4.24. The molecule has 0 unspecified atom stereocenters. The van der Waals surface area contributed by atoms with E-state index in [1.807, 2.05) is 4.90 Å². The lowest BCUT2D eigenvalue weighted by atomic mass is 9.89. The van der Waals surface area contributed by atoms with Crippen molar-refractivity contribution >= 4 is 6.41 Å². The first kappa shape index (κ1) is 8.04. The summed E-state index contributed by atoms with van der Waals surface area (Å²) in [5.41, 5.74) is 4.13. The lowest BCUT2D eigenvalue weighted by Gasteiger charge is -2.15. The minimum absolute atomic E-state index is 0.368. The summed E-state index contributed by atoms with van der Waals surface area (Å²) >= 11 is 0. The summed E-state index contributed by atoms with van der Waals surface area (Å²) in [4.78, 5) is 13.0. The van der Waals surface area contributed by atoms with Gasteiger partial charge < -0.3 is 4.90 Å². The van der Waals surface area contributed by atoms with Gasteiger partial charge in [0.25, 0.3) is 0 Å². The van der Waals surface area contributed by atoms with Crippen LogP contribution in [0.2, 0.25) is 0 Å². The summed E-state index contributed by atoms with van der Waals surface area (Å²) < 4.78 is 0. The minimum atomic E-state index is 0.368. The Morgan fingerprint density at radius 2 is 2.14 bits per heavy atom. The van der Waals surface area contributed by atoms with Crippen molar-refractivity contribution < 1.29 is 4.79 Å². The van der Waals surface area contributed by atoms with Crippen molar-refractivity contribution in [2.75, 3.05) is 0 Å². The van der Waals surface area contributed by atoms with Gasteiger partial charge in [0.1, 0.15) is 0 Å². The number of hydrogen-bond donors (Lipinski definition) is 0. The van der Waals surface area contributed by atoms with E-state index >= 15 is 0 Å². The van der Waals surface area contributed by atoms with Gasteiger partial charge in [-0.3, -0.25) is 4.79 Å². The van der Waals surface area contributed by atoms with Gasteiger partial charge in [-0.1, -0.05) is 18.2 Å². The molecule has 72 valence electrons. The molecule has 1 saturated heterocycles. The zero-order chi connectivity index (χ0) is 9.71. The first-order chi connectivity index (χ1) is 6.83. The Hall–Kier alpha value is -1.31. The molecular formula is C12H13NO. The van der Waals surface area contributed by atoms with Crippen LogP contribution in [0.15, 0.2) is 18.2 Å². The van der Waals surface area contributed by atoms with Crippen LogP contribution in [0, 0.1) is 6.92 Å². The van der Waals surface area contributed by atoms with Crippen LogP contribution in [0.3, 0.4) is 0 Å². The summed E-state index contributed by atoms with van der Waals surface area (Å²) in [6.07, 6.45) is 3.29. The van der Waals surface area contributed by atoms with Gasteiger partial charge in [-0.15, -0.1) is 0 Å². The van der Waals surface area contributed by atoms with E-state index in [4.69, 9.17) is 0 Å². The molecule has 2 aliphatic rings. The first-order valence-corrected chi connectivity index (χ1v) is 5.15. The van der Waals surface area contributed by atoms with Crippen molar-refractivity contribution in [3.8, 4) is 0 Å². The maximum atomic E-state index is 11.0. The monoisotopic (exact) mass is 187 g/mol. The van der Waals surface area contributed by atoms with Gasteiger partial charge in [-0.25, -0.2) is 0 Å². The second kappa shape index (κ2) is 2.59. The van der Waals surface area contributed by atoms with Crippen molar-refractivity contribution in [1.29, 1.82) is 0 Å². The molecule has 0 spiro atoms.